The maximum Gasteiger partial charge on any atom is 0.278 e. The van der Waals surface area contributed by atoms with Crippen LogP contribution in [0.3, 0.4) is 0 Å². The minimum Gasteiger partial charge on any atom is -0.496 e. The predicted molar refractivity (Wildman–Crippen MR) is 127 cm³/mol. The number of rotatable bonds is 7. The third-order valence-corrected chi connectivity index (χ3v) is 6.00. The number of benzene rings is 2. The highest BCUT2D eigenvalue weighted by molar-refractivity contribution is 6.37. The number of carbonyl (C=O) groups is 2. The SMILES string of the molecule is CCCN1C(=O)C(Nc2ccc(N3CCN(C)CC3)cc2)=C(c2ccccc2OC)C1=O. The van der Waals surface area contributed by atoms with Gasteiger partial charge in [0.25, 0.3) is 11.8 Å². The van der Waals surface area contributed by atoms with Gasteiger partial charge < -0.3 is 19.9 Å². The van der Waals surface area contributed by atoms with E-state index in [0.717, 1.165) is 37.6 Å². The molecule has 2 amide bonds. The number of hydrogen-bond acceptors (Lipinski definition) is 6. The molecule has 7 nitrogen and oxygen atoms in total. The van der Waals surface area contributed by atoms with Crippen LogP contribution in [-0.2, 0) is 9.59 Å². The molecule has 0 unspecified atom stereocenters. The van der Waals surface area contributed by atoms with Gasteiger partial charge in [-0.3, -0.25) is 14.5 Å². The highest BCUT2D eigenvalue weighted by atomic mass is 16.5. The normalized spacial score (nSPS) is 17.3. The number of nitrogens with zero attached hydrogens (tertiary/aromatic N) is 3. The molecule has 168 valence electrons. The molecule has 0 radical (unpaired) electrons. The number of para-hydroxylation sites is 1. The van der Waals surface area contributed by atoms with E-state index < -0.39 is 0 Å². The summed E-state index contributed by atoms with van der Waals surface area (Å²) in [6, 6.07) is 15.3. The molecule has 1 saturated heterocycles. The van der Waals surface area contributed by atoms with Crippen LogP contribution in [0.15, 0.2) is 54.2 Å². The Bertz CT molecular complexity index is 1020. The number of ether oxygens (including phenoxy) is 1. The third-order valence-electron chi connectivity index (χ3n) is 6.00. The van der Waals surface area contributed by atoms with Crippen LogP contribution in [0.5, 0.6) is 5.75 Å². The summed E-state index contributed by atoms with van der Waals surface area (Å²) in [5.74, 6) is -0.0366. The van der Waals surface area contributed by atoms with Crippen LogP contribution in [-0.4, -0.2) is 68.5 Å². The first-order chi connectivity index (χ1) is 15.5. The Morgan fingerprint density at radius 2 is 1.62 bits per heavy atom. The number of methoxy groups -OCH3 is 1. The lowest BCUT2D eigenvalue weighted by Gasteiger charge is -2.34. The maximum absolute atomic E-state index is 13.2. The summed E-state index contributed by atoms with van der Waals surface area (Å²) in [7, 11) is 3.70. The Hall–Kier alpha value is -3.32. The molecular weight excluding hydrogens is 404 g/mol. The molecule has 7 heteroatoms. The average Bonchev–Trinajstić information content (AvgIpc) is 3.04. The Balaban J connectivity index is 1.65. The zero-order valence-electron chi connectivity index (χ0n) is 18.9. The molecule has 1 fully saturated rings. The van der Waals surface area contributed by atoms with E-state index in [0.29, 0.717) is 35.5 Å². The van der Waals surface area contributed by atoms with Gasteiger partial charge in [-0.25, -0.2) is 0 Å². The molecule has 1 N–H and O–H groups in total. The van der Waals surface area contributed by atoms with Crippen LogP contribution >= 0.6 is 0 Å². The molecule has 0 saturated carbocycles. The number of anilines is 2. The number of nitrogens with one attached hydrogen (secondary N) is 1. The Kier molecular flexibility index (Phi) is 6.46. The van der Waals surface area contributed by atoms with E-state index >= 15 is 0 Å². The van der Waals surface area contributed by atoms with Gasteiger partial charge in [0.15, 0.2) is 0 Å². The van der Waals surface area contributed by atoms with E-state index in [2.05, 4.69) is 34.3 Å². The molecule has 0 atom stereocenters. The molecule has 2 aliphatic rings. The van der Waals surface area contributed by atoms with E-state index in [1.807, 2.05) is 37.3 Å². The number of piperazine rings is 1. The number of imide groups is 1. The second kappa shape index (κ2) is 9.44. The summed E-state index contributed by atoms with van der Waals surface area (Å²) in [6.07, 6.45) is 0.698. The molecule has 0 aliphatic carbocycles. The number of carbonyl (C=O) groups excluding carboxylic acids is 2. The van der Waals surface area contributed by atoms with Crippen molar-refractivity contribution >= 4 is 28.8 Å². The molecule has 2 aromatic carbocycles. The first kappa shape index (κ1) is 21.9. The highest BCUT2D eigenvalue weighted by Gasteiger charge is 2.39. The van der Waals surface area contributed by atoms with E-state index in [4.69, 9.17) is 4.74 Å². The van der Waals surface area contributed by atoms with Gasteiger partial charge in [-0.1, -0.05) is 25.1 Å². The Labute approximate surface area is 189 Å². The topological polar surface area (TPSA) is 65.1 Å². The molecule has 2 aliphatic heterocycles. The summed E-state index contributed by atoms with van der Waals surface area (Å²) in [5, 5.41) is 3.23. The summed E-state index contributed by atoms with van der Waals surface area (Å²) in [6.45, 7) is 6.39. The first-order valence-corrected chi connectivity index (χ1v) is 11.1. The lowest BCUT2D eigenvalue weighted by atomic mass is 10.0. The molecule has 4 rings (SSSR count). The quantitative estimate of drug-likeness (QED) is 0.676. The zero-order chi connectivity index (χ0) is 22.7. The summed E-state index contributed by atoms with van der Waals surface area (Å²) in [5.41, 5.74) is 3.18. The van der Waals surface area contributed by atoms with Crippen molar-refractivity contribution in [3.63, 3.8) is 0 Å². The van der Waals surface area contributed by atoms with Gasteiger partial charge in [0.05, 0.1) is 12.7 Å². The fourth-order valence-electron chi connectivity index (χ4n) is 4.18. The van der Waals surface area contributed by atoms with Crippen molar-refractivity contribution in [2.24, 2.45) is 0 Å². The lowest BCUT2D eigenvalue weighted by molar-refractivity contribution is -0.136. The maximum atomic E-state index is 13.2. The molecular formula is C25H30N4O3. The van der Waals surface area contributed by atoms with Crippen molar-refractivity contribution in [3.05, 3.63) is 59.8 Å². The smallest absolute Gasteiger partial charge is 0.278 e. The molecule has 2 aromatic rings. The van der Waals surface area contributed by atoms with Crippen molar-refractivity contribution in [3.8, 4) is 5.75 Å². The first-order valence-electron chi connectivity index (χ1n) is 11.1. The van der Waals surface area contributed by atoms with Crippen LogP contribution in [0.25, 0.3) is 5.57 Å². The van der Waals surface area contributed by atoms with Crippen molar-refractivity contribution in [2.45, 2.75) is 13.3 Å². The van der Waals surface area contributed by atoms with Gasteiger partial charge in [-0.05, 0) is 43.8 Å². The fraction of sp³-hybridized carbons (Fsp3) is 0.360. The van der Waals surface area contributed by atoms with E-state index in [-0.39, 0.29) is 11.8 Å². The van der Waals surface area contributed by atoms with Gasteiger partial charge in [-0.2, -0.15) is 0 Å². The van der Waals surface area contributed by atoms with E-state index in [1.165, 1.54) is 4.90 Å². The van der Waals surface area contributed by atoms with Crippen LogP contribution in [0.1, 0.15) is 18.9 Å². The minimum atomic E-state index is -0.305. The van der Waals surface area contributed by atoms with Gasteiger partial charge in [-0.15, -0.1) is 0 Å². The van der Waals surface area contributed by atoms with Gasteiger partial charge in [0.1, 0.15) is 11.4 Å². The molecule has 0 spiro atoms. The number of likely N-dealkylation sites (N-methyl/N-ethyl adjacent to an activating group) is 1. The predicted octanol–water partition coefficient (Wildman–Crippen LogP) is 3.05. The van der Waals surface area contributed by atoms with Crippen LogP contribution in [0.4, 0.5) is 11.4 Å². The molecule has 2 heterocycles. The Morgan fingerprint density at radius 1 is 0.938 bits per heavy atom. The second-order valence-electron chi connectivity index (χ2n) is 8.17. The average molecular weight is 435 g/mol. The fourth-order valence-corrected chi connectivity index (χ4v) is 4.18. The summed E-state index contributed by atoms with van der Waals surface area (Å²) >= 11 is 0. The lowest BCUT2D eigenvalue weighted by Crippen LogP contribution is -2.44. The van der Waals surface area contributed by atoms with Crippen molar-refractivity contribution in [1.29, 1.82) is 0 Å². The van der Waals surface area contributed by atoms with Crippen LogP contribution < -0.4 is 15.0 Å². The molecule has 0 bridgehead atoms. The summed E-state index contributed by atoms with van der Waals surface area (Å²) in [4.78, 5) is 32.4. The number of hydrogen-bond donors (Lipinski definition) is 1. The third kappa shape index (κ3) is 4.21. The second-order valence-corrected chi connectivity index (χ2v) is 8.17. The standard InChI is InChI=1S/C25H30N4O3/c1-4-13-29-24(30)22(20-7-5-6-8-21(20)32-3)23(25(29)31)26-18-9-11-19(12-10-18)28-16-14-27(2)15-17-28/h5-12,26H,4,13-17H2,1-3H3. The highest BCUT2D eigenvalue weighted by Crippen LogP contribution is 2.35. The molecule has 0 aromatic heterocycles. The van der Waals surface area contributed by atoms with E-state index in [9.17, 15) is 9.59 Å². The van der Waals surface area contributed by atoms with Crippen molar-refractivity contribution in [1.82, 2.24) is 9.80 Å². The summed E-state index contributed by atoms with van der Waals surface area (Å²) < 4.78 is 5.47. The Morgan fingerprint density at radius 3 is 2.28 bits per heavy atom. The van der Waals surface area contributed by atoms with Gasteiger partial charge in [0, 0.05) is 49.7 Å². The monoisotopic (exact) mass is 434 g/mol. The zero-order valence-corrected chi connectivity index (χ0v) is 18.9. The van der Waals surface area contributed by atoms with Gasteiger partial charge in [0.2, 0.25) is 0 Å². The minimum absolute atomic E-state index is 0.292. The largest absolute Gasteiger partial charge is 0.496 e. The van der Waals surface area contributed by atoms with Crippen molar-refractivity contribution < 1.29 is 14.3 Å². The molecule has 32 heavy (non-hydrogen) atoms. The van der Waals surface area contributed by atoms with E-state index in [1.54, 1.807) is 13.2 Å². The van der Waals surface area contributed by atoms with Crippen LogP contribution in [0.2, 0.25) is 0 Å². The van der Waals surface area contributed by atoms with Gasteiger partial charge >= 0.3 is 0 Å². The van der Waals surface area contributed by atoms with Crippen LogP contribution in [0, 0.1) is 0 Å². The van der Waals surface area contributed by atoms with Crippen molar-refractivity contribution in [2.75, 3.05) is 57.1 Å². The number of amides is 2.